The predicted molar refractivity (Wildman–Crippen MR) is 70.0 cm³/mol. The number of nitrogens with one attached hydrogen (secondary N) is 1. The molecule has 0 aliphatic rings. The summed E-state index contributed by atoms with van der Waals surface area (Å²) < 4.78 is 4.89. The maximum absolute atomic E-state index is 11.5. The van der Waals surface area contributed by atoms with Gasteiger partial charge in [-0.05, 0) is 31.5 Å². The maximum atomic E-state index is 11.5. The SMILES string of the molecule is CCOC(=O)Cc1c(O)[nH]c2cc(Cl)cc(C)c12. The van der Waals surface area contributed by atoms with Gasteiger partial charge in [-0.15, -0.1) is 0 Å². The summed E-state index contributed by atoms with van der Waals surface area (Å²) in [5.74, 6) is -0.369. The molecule has 0 atom stereocenters. The molecule has 1 aromatic carbocycles. The highest BCUT2D eigenvalue weighted by Gasteiger charge is 2.17. The number of fused-ring (bicyclic) bond motifs is 1. The van der Waals surface area contributed by atoms with Crippen LogP contribution in [0.1, 0.15) is 18.1 Å². The molecule has 96 valence electrons. The van der Waals surface area contributed by atoms with E-state index in [1.165, 1.54) is 0 Å². The number of carbonyl (C=O) groups excluding carboxylic acids is 1. The number of benzene rings is 1. The summed E-state index contributed by atoms with van der Waals surface area (Å²) in [5, 5.41) is 11.3. The predicted octanol–water partition coefficient (Wildman–Crippen LogP) is 2.94. The lowest BCUT2D eigenvalue weighted by Gasteiger charge is -2.03. The van der Waals surface area contributed by atoms with Crippen LogP contribution in [0.5, 0.6) is 5.88 Å². The van der Waals surface area contributed by atoms with Gasteiger partial charge in [-0.1, -0.05) is 11.6 Å². The molecule has 5 heteroatoms. The molecule has 0 spiro atoms. The number of hydrogen-bond donors (Lipinski definition) is 2. The van der Waals surface area contributed by atoms with Gasteiger partial charge < -0.3 is 14.8 Å². The molecule has 1 aromatic heterocycles. The highest BCUT2D eigenvalue weighted by Crippen LogP contribution is 2.32. The summed E-state index contributed by atoms with van der Waals surface area (Å²) in [6.07, 6.45) is 0.0438. The number of aromatic amines is 1. The molecular weight excluding hydrogens is 254 g/mol. The normalized spacial score (nSPS) is 10.8. The first-order valence-electron chi connectivity index (χ1n) is 5.68. The van der Waals surface area contributed by atoms with Gasteiger partial charge in [0, 0.05) is 16.0 Å². The molecule has 2 N–H and O–H groups in total. The number of rotatable bonds is 3. The molecule has 0 saturated carbocycles. The summed E-state index contributed by atoms with van der Waals surface area (Å²) in [4.78, 5) is 14.3. The minimum atomic E-state index is -0.358. The zero-order valence-electron chi connectivity index (χ0n) is 10.2. The number of esters is 1. The van der Waals surface area contributed by atoms with E-state index in [1.54, 1.807) is 19.1 Å². The van der Waals surface area contributed by atoms with E-state index in [2.05, 4.69) is 4.98 Å². The standard InChI is InChI=1S/C13H14ClNO3/c1-3-18-11(16)6-9-12-7(2)4-8(14)5-10(12)15-13(9)17/h4-5,15,17H,3,6H2,1-2H3. The van der Waals surface area contributed by atoms with E-state index in [4.69, 9.17) is 16.3 Å². The van der Waals surface area contributed by atoms with Gasteiger partial charge in [0.15, 0.2) is 5.88 Å². The van der Waals surface area contributed by atoms with Gasteiger partial charge in [-0.25, -0.2) is 0 Å². The van der Waals surface area contributed by atoms with Crippen molar-refractivity contribution in [3.8, 4) is 5.88 Å². The van der Waals surface area contributed by atoms with Crippen LogP contribution in [0, 0.1) is 6.92 Å². The van der Waals surface area contributed by atoms with Gasteiger partial charge in [0.05, 0.1) is 18.5 Å². The third kappa shape index (κ3) is 2.29. The van der Waals surface area contributed by atoms with Crippen molar-refractivity contribution in [1.82, 2.24) is 4.98 Å². The number of aromatic hydroxyl groups is 1. The molecule has 0 bridgehead atoms. The number of carbonyl (C=O) groups is 1. The third-order valence-corrected chi connectivity index (χ3v) is 2.99. The number of aryl methyl sites for hydroxylation is 1. The summed E-state index contributed by atoms with van der Waals surface area (Å²) in [7, 11) is 0. The average Bonchev–Trinajstić information content (AvgIpc) is 2.55. The smallest absolute Gasteiger partial charge is 0.310 e. The molecule has 18 heavy (non-hydrogen) atoms. The Kier molecular flexibility index (Phi) is 3.48. The lowest BCUT2D eigenvalue weighted by Crippen LogP contribution is -2.07. The first-order chi connectivity index (χ1) is 8.52. The lowest BCUT2D eigenvalue weighted by molar-refractivity contribution is -0.142. The van der Waals surface area contributed by atoms with Crippen LogP contribution in [-0.4, -0.2) is 22.7 Å². The summed E-state index contributed by atoms with van der Waals surface area (Å²) in [5.41, 5.74) is 2.18. The molecule has 0 aliphatic heterocycles. The Bertz CT molecular complexity index is 604. The average molecular weight is 268 g/mol. The number of ether oxygens (including phenoxy) is 1. The second kappa shape index (κ2) is 4.90. The Labute approximate surface area is 110 Å². The van der Waals surface area contributed by atoms with Crippen LogP contribution in [0.4, 0.5) is 0 Å². The van der Waals surface area contributed by atoms with E-state index in [0.717, 1.165) is 16.5 Å². The fourth-order valence-electron chi connectivity index (χ4n) is 2.09. The van der Waals surface area contributed by atoms with Gasteiger partial charge in [0.2, 0.25) is 0 Å². The van der Waals surface area contributed by atoms with Crippen molar-refractivity contribution in [3.05, 3.63) is 28.3 Å². The van der Waals surface area contributed by atoms with Gasteiger partial charge in [-0.2, -0.15) is 0 Å². The van der Waals surface area contributed by atoms with Crippen molar-refractivity contribution < 1.29 is 14.6 Å². The Hall–Kier alpha value is -1.68. The molecule has 0 amide bonds. The lowest BCUT2D eigenvalue weighted by atomic mass is 10.1. The number of halogens is 1. The molecule has 0 radical (unpaired) electrons. The van der Waals surface area contributed by atoms with Gasteiger partial charge >= 0.3 is 5.97 Å². The molecule has 0 fully saturated rings. The molecular formula is C13H14ClNO3. The van der Waals surface area contributed by atoms with Gasteiger partial charge in [0.25, 0.3) is 0 Å². The van der Waals surface area contributed by atoms with E-state index in [-0.39, 0.29) is 18.3 Å². The van der Waals surface area contributed by atoms with E-state index in [0.29, 0.717) is 17.2 Å². The summed E-state index contributed by atoms with van der Waals surface area (Å²) in [6, 6.07) is 3.52. The van der Waals surface area contributed by atoms with Crippen LogP contribution in [0.25, 0.3) is 10.9 Å². The van der Waals surface area contributed by atoms with Crippen molar-refractivity contribution in [3.63, 3.8) is 0 Å². The monoisotopic (exact) mass is 267 g/mol. The summed E-state index contributed by atoms with van der Waals surface area (Å²) in [6.45, 7) is 3.96. The van der Waals surface area contributed by atoms with Crippen LogP contribution in [0.15, 0.2) is 12.1 Å². The van der Waals surface area contributed by atoms with E-state index < -0.39 is 0 Å². The topological polar surface area (TPSA) is 62.3 Å². The maximum Gasteiger partial charge on any atom is 0.310 e. The molecule has 0 saturated heterocycles. The second-order valence-electron chi connectivity index (χ2n) is 4.08. The quantitative estimate of drug-likeness (QED) is 0.841. The van der Waals surface area contributed by atoms with Crippen molar-refractivity contribution in [2.75, 3.05) is 6.61 Å². The zero-order chi connectivity index (χ0) is 13.3. The minimum absolute atomic E-state index is 0.0107. The van der Waals surface area contributed by atoms with Crippen LogP contribution in [0.2, 0.25) is 5.02 Å². The molecule has 2 rings (SSSR count). The molecule has 2 aromatic rings. The van der Waals surface area contributed by atoms with Gasteiger partial charge in [0.1, 0.15) is 0 Å². The van der Waals surface area contributed by atoms with Crippen LogP contribution < -0.4 is 0 Å². The van der Waals surface area contributed by atoms with E-state index >= 15 is 0 Å². The summed E-state index contributed by atoms with van der Waals surface area (Å²) >= 11 is 5.95. The van der Waals surface area contributed by atoms with E-state index in [9.17, 15) is 9.90 Å². The van der Waals surface area contributed by atoms with Crippen LogP contribution in [0.3, 0.4) is 0 Å². The molecule has 0 aliphatic carbocycles. The largest absolute Gasteiger partial charge is 0.494 e. The fourth-order valence-corrected chi connectivity index (χ4v) is 2.36. The van der Waals surface area contributed by atoms with Crippen LogP contribution >= 0.6 is 11.6 Å². The molecule has 1 heterocycles. The fraction of sp³-hybridized carbons (Fsp3) is 0.308. The Balaban J connectivity index is 2.50. The third-order valence-electron chi connectivity index (χ3n) is 2.77. The first-order valence-corrected chi connectivity index (χ1v) is 6.06. The Morgan fingerprint density at radius 1 is 1.50 bits per heavy atom. The molecule has 0 unspecified atom stereocenters. The van der Waals surface area contributed by atoms with E-state index in [1.807, 2.05) is 6.92 Å². The Morgan fingerprint density at radius 2 is 2.22 bits per heavy atom. The minimum Gasteiger partial charge on any atom is -0.494 e. The zero-order valence-corrected chi connectivity index (χ0v) is 11.0. The van der Waals surface area contributed by atoms with Crippen molar-refractivity contribution in [2.45, 2.75) is 20.3 Å². The first kappa shape index (κ1) is 12.8. The second-order valence-corrected chi connectivity index (χ2v) is 4.52. The van der Waals surface area contributed by atoms with Crippen molar-refractivity contribution >= 4 is 28.5 Å². The molecule has 4 nitrogen and oxygen atoms in total. The van der Waals surface area contributed by atoms with Crippen molar-refractivity contribution in [1.29, 1.82) is 0 Å². The number of aromatic nitrogens is 1. The number of hydrogen-bond acceptors (Lipinski definition) is 3. The Morgan fingerprint density at radius 3 is 2.89 bits per heavy atom. The van der Waals surface area contributed by atoms with Crippen LogP contribution in [-0.2, 0) is 16.0 Å². The highest BCUT2D eigenvalue weighted by molar-refractivity contribution is 6.31. The number of H-pyrrole nitrogens is 1. The van der Waals surface area contributed by atoms with Gasteiger partial charge in [-0.3, -0.25) is 4.79 Å². The highest BCUT2D eigenvalue weighted by atomic mass is 35.5. The van der Waals surface area contributed by atoms with Crippen molar-refractivity contribution in [2.24, 2.45) is 0 Å².